The maximum absolute atomic E-state index is 13.0. The largest absolute Gasteiger partial charge is 0.349 e. The highest BCUT2D eigenvalue weighted by atomic mass is 16.6. The molecule has 1 aliphatic heterocycles. The van der Waals surface area contributed by atoms with E-state index in [2.05, 4.69) is 25.2 Å². The van der Waals surface area contributed by atoms with Crippen LogP contribution in [0.2, 0.25) is 0 Å². The van der Waals surface area contributed by atoms with E-state index in [0.717, 1.165) is 38.5 Å². The number of rotatable bonds is 3. The first-order valence-corrected chi connectivity index (χ1v) is 12.2. The fourth-order valence-corrected chi connectivity index (χ4v) is 7.95. The van der Waals surface area contributed by atoms with Crippen molar-refractivity contribution in [2.24, 2.45) is 28.6 Å². The zero-order valence-corrected chi connectivity index (χ0v) is 19.6. The van der Waals surface area contributed by atoms with E-state index >= 15 is 0 Å². The molecule has 1 aromatic carbocycles. The number of carbonyl (C=O) groups excluding carboxylic acids is 2. The fraction of sp³-hybridized carbons (Fsp3) is 0.615. The number of carbonyl (C=O) groups is 2. The summed E-state index contributed by atoms with van der Waals surface area (Å²) in [6.45, 7) is 4.70. The normalized spacial score (nSPS) is 39.4. The van der Waals surface area contributed by atoms with Gasteiger partial charge in [0.15, 0.2) is 0 Å². The molecule has 4 aliphatic rings. The van der Waals surface area contributed by atoms with Crippen LogP contribution in [0.15, 0.2) is 36.4 Å². The average molecular weight is 452 g/mol. The van der Waals surface area contributed by atoms with Crippen LogP contribution in [0.3, 0.4) is 0 Å². The van der Waals surface area contributed by atoms with Crippen molar-refractivity contribution < 1.29 is 14.5 Å². The summed E-state index contributed by atoms with van der Waals surface area (Å²) in [4.78, 5) is 37.6. The van der Waals surface area contributed by atoms with Crippen LogP contribution in [0.1, 0.15) is 62.7 Å². The summed E-state index contributed by atoms with van der Waals surface area (Å²) in [5, 5.41) is 14.2. The number of nitrogens with zero attached hydrogens (tertiary/aromatic N) is 2. The Hall–Kier alpha value is -2.70. The molecule has 7 atom stereocenters. The molecule has 0 aromatic heterocycles. The summed E-state index contributed by atoms with van der Waals surface area (Å²) in [5.74, 6) is 1.70. The topological polar surface area (TPSA) is 92.6 Å². The van der Waals surface area contributed by atoms with Crippen LogP contribution in [-0.4, -0.2) is 40.8 Å². The summed E-state index contributed by atoms with van der Waals surface area (Å²) < 4.78 is 0. The molecule has 3 fully saturated rings. The number of fused-ring (bicyclic) bond motifs is 5. The molecule has 7 nitrogen and oxygen atoms in total. The van der Waals surface area contributed by atoms with Gasteiger partial charge in [0.25, 0.3) is 11.6 Å². The lowest BCUT2D eigenvalue weighted by Crippen LogP contribution is -2.60. The number of benzene rings is 1. The molecule has 7 heteroatoms. The van der Waals surface area contributed by atoms with Crippen molar-refractivity contribution in [1.82, 2.24) is 10.2 Å². The first-order valence-electron chi connectivity index (χ1n) is 12.2. The minimum Gasteiger partial charge on any atom is -0.349 e. The standard InChI is InChI=1S/C26H33N3O4/c1-25-14-12-20-18(8-11-22-26(20,2)15-13-23(30)28(22)3)19(25)9-10-21(25)27-24(31)16-4-6-17(7-5-16)29(32)33/h4-7,13,15,18-22H,8-12,14H2,1-3H3,(H,27,31)/t18-,19-,20+,21?,22?,25-,26+/m0/s1. The zero-order chi connectivity index (χ0) is 23.5. The molecule has 0 saturated heterocycles. The van der Waals surface area contributed by atoms with Gasteiger partial charge in [-0.05, 0) is 79.9 Å². The molecular formula is C26H33N3O4. The van der Waals surface area contributed by atoms with Gasteiger partial charge in [0.2, 0.25) is 5.91 Å². The van der Waals surface area contributed by atoms with Crippen molar-refractivity contribution in [2.45, 2.75) is 64.5 Å². The van der Waals surface area contributed by atoms with Gasteiger partial charge in [0.05, 0.1) is 4.92 Å². The van der Waals surface area contributed by atoms with Gasteiger partial charge in [-0.2, -0.15) is 0 Å². The fourth-order valence-electron chi connectivity index (χ4n) is 7.95. The van der Waals surface area contributed by atoms with E-state index in [-0.39, 0.29) is 40.4 Å². The second-order valence-electron chi connectivity index (χ2n) is 11.1. The Labute approximate surface area is 194 Å². The van der Waals surface area contributed by atoms with Gasteiger partial charge in [-0.25, -0.2) is 0 Å². The molecule has 0 bridgehead atoms. The van der Waals surface area contributed by atoms with Crippen LogP contribution in [0.5, 0.6) is 0 Å². The summed E-state index contributed by atoms with van der Waals surface area (Å²) in [6.07, 6.45) is 10.4. The SMILES string of the molecule is CN1C(=O)C=C[C@@]2(C)C1CC[C@@H]1[C@H]2CC[C@]2(C)C(NC(=O)c3ccc([N+](=O)[O-])cc3)CC[C@@H]12. The van der Waals surface area contributed by atoms with Gasteiger partial charge in [0.1, 0.15) is 0 Å². The van der Waals surface area contributed by atoms with Crippen LogP contribution in [0, 0.1) is 38.7 Å². The second-order valence-corrected chi connectivity index (χ2v) is 11.1. The van der Waals surface area contributed by atoms with Crippen LogP contribution in [0.4, 0.5) is 5.69 Å². The highest BCUT2D eigenvalue weighted by molar-refractivity contribution is 5.94. The molecule has 0 radical (unpaired) electrons. The number of amides is 2. The first kappa shape index (κ1) is 22.1. The highest BCUT2D eigenvalue weighted by Gasteiger charge is 2.60. The lowest BCUT2D eigenvalue weighted by molar-refractivity contribution is -0.384. The first-order chi connectivity index (χ1) is 15.6. The summed E-state index contributed by atoms with van der Waals surface area (Å²) >= 11 is 0. The molecule has 1 N–H and O–H groups in total. The van der Waals surface area contributed by atoms with E-state index in [1.807, 2.05) is 11.9 Å². The van der Waals surface area contributed by atoms with Gasteiger partial charge < -0.3 is 10.2 Å². The molecule has 3 aliphatic carbocycles. The molecule has 2 unspecified atom stereocenters. The Morgan fingerprint density at radius 2 is 1.82 bits per heavy atom. The van der Waals surface area contributed by atoms with E-state index < -0.39 is 4.92 Å². The van der Waals surface area contributed by atoms with E-state index in [0.29, 0.717) is 23.3 Å². The minimum absolute atomic E-state index is 0.00836. The number of hydrogen-bond donors (Lipinski definition) is 1. The molecule has 33 heavy (non-hydrogen) atoms. The Kier molecular flexibility index (Phi) is 5.14. The van der Waals surface area contributed by atoms with Crippen LogP contribution >= 0.6 is 0 Å². The predicted octanol–water partition coefficient (Wildman–Crippen LogP) is 4.33. The Balaban J connectivity index is 1.33. The molecule has 3 saturated carbocycles. The molecule has 5 rings (SSSR count). The number of likely N-dealkylation sites (N-methyl/N-ethyl adjacent to an activating group) is 1. The third-order valence-electron chi connectivity index (χ3n) is 9.77. The van der Waals surface area contributed by atoms with Crippen molar-refractivity contribution in [1.29, 1.82) is 0 Å². The van der Waals surface area contributed by atoms with E-state index in [9.17, 15) is 19.7 Å². The highest BCUT2D eigenvalue weighted by Crippen LogP contribution is 2.63. The Bertz CT molecular complexity index is 1020. The van der Waals surface area contributed by atoms with Gasteiger partial charge in [-0.1, -0.05) is 19.9 Å². The molecule has 2 amide bonds. The van der Waals surface area contributed by atoms with Gasteiger partial charge in [-0.15, -0.1) is 0 Å². The minimum atomic E-state index is -0.451. The number of non-ortho nitro benzene ring substituents is 1. The van der Waals surface area contributed by atoms with Crippen LogP contribution < -0.4 is 5.32 Å². The van der Waals surface area contributed by atoms with Crippen molar-refractivity contribution in [3.63, 3.8) is 0 Å². The van der Waals surface area contributed by atoms with E-state index in [4.69, 9.17) is 0 Å². The van der Waals surface area contributed by atoms with Crippen LogP contribution in [-0.2, 0) is 4.79 Å². The van der Waals surface area contributed by atoms with Crippen molar-refractivity contribution in [3.05, 3.63) is 52.1 Å². The smallest absolute Gasteiger partial charge is 0.269 e. The Morgan fingerprint density at radius 3 is 2.52 bits per heavy atom. The molecule has 1 heterocycles. The van der Waals surface area contributed by atoms with Crippen molar-refractivity contribution in [2.75, 3.05) is 7.05 Å². The number of nitro benzene ring substituents is 1. The van der Waals surface area contributed by atoms with Gasteiger partial charge >= 0.3 is 0 Å². The van der Waals surface area contributed by atoms with Crippen molar-refractivity contribution >= 4 is 17.5 Å². The quantitative estimate of drug-likeness (QED) is 0.547. The maximum atomic E-state index is 13.0. The van der Waals surface area contributed by atoms with E-state index in [1.54, 1.807) is 6.08 Å². The lowest BCUT2D eigenvalue weighted by atomic mass is 9.48. The van der Waals surface area contributed by atoms with Gasteiger partial charge in [-0.3, -0.25) is 19.7 Å². The summed E-state index contributed by atoms with van der Waals surface area (Å²) in [7, 11) is 1.95. The van der Waals surface area contributed by atoms with Gasteiger partial charge in [0, 0.05) is 42.2 Å². The van der Waals surface area contributed by atoms with Crippen molar-refractivity contribution in [3.8, 4) is 0 Å². The second kappa shape index (κ2) is 7.67. The summed E-state index contributed by atoms with van der Waals surface area (Å²) in [5.41, 5.74) is 0.536. The predicted molar refractivity (Wildman–Crippen MR) is 124 cm³/mol. The maximum Gasteiger partial charge on any atom is 0.269 e. The Morgan fingerprint density at radius 1 is 1.09 bits per heavy atom. The third kappa shape index (κ3) is 3.30. The zero-order valence-electron chi connectivity index (χ0n) is 19.6. The van der Waals surface area contributed by atoms with Crippen LogP contribution in [0.25, 0.3) is 0 Å². The lowest BCUT2D eigenvalue weighted by Gasteiger charge is -2.60. The number of nitro groups is 1. The number of nitrogens with one attached hydrogen (secondary N) is 1. The molecule has 176 valence electrons. The molecular weight excluding hydrogens is 418 g/mol. The average Bonchev–Trinajstić information content (AvgIpc) is 3.13. The molecule has 1 aromatic rings. The molecule has 0 spiro atoms. The summed E-state index contributed by atoms with van der Waals surface area (Å²) in [6, 6.07) is 6.24. The monoisotopic (exact) mass is 451 g/mol. The number of hydrogen-bond acceptors (Lipinski definition) is 4. The van der Waals surface area contributed by atoms with E-state index in [1.165, 1.54) is 24.3 Å². The third-order valence-corrected chi connectivity index (χ3v) is 9.77.